The lowest BCUT2D eigenvalue weighted by atomic mass is 10.2. The molecule has 2 atom stereocenters. The maximum Gasteiger partial charge on any atom is 0.318 e. The molecule has 1 fully saturated rings. The van der Waals surface area contributed by atoms with Crippen molar-refractivity contribution in [1.29, 1.82) is 0 Å². The molecule has 1 aliphatic rings. The minimum absolute atomic E-state index is 0.0526. The van der Waals surface area contributed by atoms with Crippen molar-refractivity contribution >= 4 is 27.8 Å². The number of benzene rings is 1. The Morgan fingerprint density at radius 1 is 1.26 bits per heavy atom. The summed E-state index contributed by atoms with van der Waals surface area (Å²) < 4.78 is 39.6. The highest BCUT2D eigenvalue weighted by molar-refractivity contribution is 8.00. The predicted molar refractivity (Wildman–Crippen MR) is 117 cm³/mol. The van der Waals surface area contributed by atoms with E-state index in [4.69, 9.17) is 9.47 Å². The normalized spacial score (nSPS) is 17.3. The van der Waals surface area contributed by atoms with Crippen LogP contribution in [0.3, 0.4) is 0 Å². The van der Waals surface area contributed by atoms with E-state index in [0.29, 0.717) is 42.8 Å². The molecule has 0 amide bonds. The fourth-order valence-electron chi connectivity index (χ4n) is 3.24. The molecule has 170 valence electrons. The second-order valence-corrected chi connectivity index (χ2v) is 10.5. The first-order valence-electron chi connectivity index (χ1n) is 10.2. The van der Waals surface area contributed by atoms with Gasteiger partial charge in [-0.05, 0) is 32.4 Å². The molecular formula is C20H28N4O5S2. The van der Waals surface area contributed by atoms with Gasteiger partial charge < -0.3 is 9.47 Å². The molecule has 0 saturated carbocycles. The van der Waals surface area contributed by atoms with Gasteiger partial charge >= 0.3 is 5.97 Å². The van der Waals surface area contributed by atoms with E-state index in [0.717, 1.165) is 6.42 Å². The Labute approximate surface area is 187 Å². The molecule has 1 aliphatic heterocycles. The Kier molecular flexibility index (Phi) is 7.73. The van der Waals surface area contributed by atoms with Crippen molar-refractivity contribution in [3.63, 3.8) is 0 Å². The van der Waals surface area contributed by atoms with Crippen LogP contribution in [0, 0.1) is 0 Å². The zero-order valence-electron chi connectivity index (χ0n) is 18.1. The Morgan fingerprint density at radius 2 is 1.97 bits per heavy atom. The quantitative estimate of drug-likeness (QED) is 0.430. The van der Waals surface area contributed by atoms with E-state index in [-0.39, 0.29) is 16.9 Å². The number of hydrogen-bond donors (Lipinski definition) is 0. The van der Waals surface area contributed by atoms with Gasteiger partial charge in [-0.1, -0.05) is 30.8 Å². The fourth-order valence-corrected chi connectivity index (χ4v) is 5.67. The third-order valence-electron chi connectivity index (χ3n) is 5.21. The molecule has 0 unspecified atom stereocenters. The molecule has 31 heavy (non-hydrogen) atoms. The van der Waals surface area contributed by atoms with Crippen LogP contribution in [0.15, 0.2) is 34.3 Å². The van der Waals surface area contributed by atoms with E-state index < -0.39 is 15.3 Å². The zero-order valence-corrected chi connectivity index (χ0v) is 19.8. The number of ether oxygens (including phenoxy) is 2. The lowest BCUT2D eigenvalue weighted by Crippen LogP contribution is -2.40. The van der Waals surface area contributed by atoms with Crippen molar-refractivity contribution < 1.29 is 22.7 Å². The minimum atomic E-state index is -3.63. The largest absolute Gasteiger partial charge is 0.468 e. The molecule has 0 radical (unpaired) electrons. The number of sulfonamides is 1. The molecule has 1 saturated heterocycles. The van der Waals surface area contributed by atoms with E-state index >= 15 is 0 Å². The second-order valence-electron chi connectivity index (χ2n) is 7.26. The van der Waals surface area contributed by atoms with E-state index in [1.165, 1.54) is 23.2 Å². The number of thioether (sulfide) groups is 1. The zero-order chi connectivity index (χ0) is 22.6. The number of esters is 1. The van der Waals surface area contributed by atoms with Crippen LogP contribution in [-0.2, 0) is 24.3 Å². The minimum Gasteiger partial charge on any atom is -0.468 e. The van der Waals surface area contributed by atoms with Gasteiger partial charge in [0.25, 0.3) is 0 Å². The highest BCUT2D eigenvalue weighted by atomic mass is 32.2. The van der Waals surface area contributed by atoms with Gasteiger partial charge in [-0.25, -0.2) is 8.42 Å². The molecule has 0 bridgehead atoms. The second kappa shape index (κ2) is 10.1. The van der Waals surface area contributed by atoms with Gasteiger partial charge in [-0.2, -0.15) is 4.31 Å². The third-order valence-corrected chi connectivity index (χ3v) is 8.14. The number of methoxy groups -OCH3 is 1. The van der Waals surface area contributed by atoms with Crippen molar-refractivity contribution in [2.24, 2.45) is 0 Å². The summed E-state index contributed by atoms with van der Waals surface area (Å²) in [7, 11) is -2.28. The summed E-state index contributed by atoms with van der Waals surface area (Å²) in [5.74, 6) is 0.219. The summed E-state index contributed by atoms with van der Waals surface area (Å²) in [6.45, 7) is 7.28. The SMILES string of the molecule is CC[C@H](C)n1c(S[C@H](C)C(=O)OC)nnc1-c1cccc(S(=O)(=O)N2CCOCC2)c1. The topological polar surface area (TPSA) is 104 Å². The van der Waals surface area contributed by atoms with Crippen LogP contribution in [0.2, 0.25) is 0 Å². The van der Waals surface area contributed by atoms with Crippen LogP contribution in [0.25, 0.3) is 11.4 Å². The van der Waals surface area contributed by atoms with Crippen LogP contribution in [0.1, 0.15) is 33.2 Å². The predicted octanol–water partition coefficient (Wildman–Crippen LogP) is 2.59. The number of carbonyl (C=O) groups is 1. The van der Waals surface area contributed by atoms with Crippen molar-refractivity contribution in [3.8, 4) is 11.4 Å². The Balaban J connectivity index is 1.99. The smallest absolute Gasteiger partial charge is 0.318 e. The summed E-state index contributed by atoms with van der Waals surface area (Å²) >= 11 is 1.27. The van der Waals surface area contributed by atoms with Crippen LogP contribution < -0.4 is 0 Å². The first kappa shape index (κ1) is 23.7. The van der Waals surface area contributed by atoms with Crippen LogP contribution in [0.4, 0.5) is 0 Å². The van der Waals surface area contributed by atoms with E-state index in [9.17, 15) is 13.2 Å². The Morgan fingerprint density at radius 3 is 2.61 bits per heavy atom. The standard InChI is InChI=1S/C20H28N4O5S2/c1-5-14(2)24-18(21-22-20(24)30-15(3)19(25)28-4)16-7-6-8-17(13-16)31(26,27)23-9-11-29-12-10-23/h6-8,13-15H,5,9-12H2,1-4H3/t14-,15+/m0/s1. The lowest BCUT2D eigenvalue weighted by Gasteiger charge is -2.26. The van der Waals surface area contributed by atoms with Crippen LogP contribution in [-0.4, -0.2) is 72.1 Å². The molecule has 1 aromatic carbocycles. The Bertz CT molecular complexity index is 1020. The number of hydrogen-bond acceptors (Lipinski definition) is 8. The molecule has 11 heteroatoms. The maximum absolute atomic E-state index is 13.1. The van der Waals surface area contributed by atoms with Crippen molar-refractivity contribution in [2.45, 2.75) is 48.5 Å². The first-order chi connectivity index (χ1) is 14.8. The van der Waals surface area contributed by atoms with Gasteiger partial charge in [0, 0.05) is 24.7 Å². The van der Waals surface area contributed by atoms with E-state index in [1.807, 2.05) is 24.5 Å². The average Bonchev–Trinajstić information content (AvgIpc) is 3.22. The van der Waals surface area contributed by atoms with Gasteiger partial charge in [0.2, 0.25) is 10.0 Å². The van der Waals surface area contributed by atoms with Crippen molar-refractivity contribution in [3.05, 3.63) is 24.3 Å². The molecule has 2 aromatic rings. The highest BCUT2D eigenvalue weighted by Gasteiger charge is 2.28. The number of aromatic nitrogens is 3. The van der Waals surface area contributed by atoms with Gasteiger partial charge in [0.15, 0.2) is 11.0 Å². The van der Waals surface area contributed by atoms with Gasteiger partial charge in [-0.3, -0.25) is 9.36 Å². The number of nitrogens with zero attached hydrogens (tertiary/aromatic N) is 4. The summed E-state index contributed by atoms with van der Waals surface area (Å²) in [5.41, 5.74) is 0.653. The van der Waals surface area contributed by atoms with Crippen molar-refractivity contribution in [1.82, 2.24) is 19.1 Å². The highest BCUT2D eigenvalue weighted by Crippen LogP contribution is 2.32. The van der Waals surface area contributed by atoms with E-state index in [2.05, 4.69) is 10.2 Å². The lowest BCUT2D eigenvalue weighted by molar-refractivity contribution is -0.139. The van der Waals surface area contributed by atoms with Crippen molar-refractivity contribution in [2.75, 3.05) is 33.4 Å². The molecule has 2 heterocycles. The molecule has 1 aromatic heterocycles. The van der Waals surface area contributed by atoms with Gasteiger partial charge in [0.1, 0.15) is 5.25 Å². The summed E-state index contributed by atoms with van der Waals surface area (Å²) in [6.07, 6.45) is 0.816. The summed E-state index contributed by atoms with van der Waals surface area (Å²) in [4.78, 5) is 12.1. The van der Waals surface area contributed by atoms with Crippen LogP contribution in [0.5, 0.6) is 0 Å². The average molecular weight is 469 g/mol. The maximum atomic E-state index is 13.1. The van der Waals surface area contributed by atoms with Crippen LogP contribution >= 0.6 is 11.8 Å². The number of rotatable bonds is 8. The monoisotopic (exact) mass is 468 g/mol. The first-order valence-corrected chi connectivity index (χ1v) is 12.5. The van der Waals surface area contributed by atoms with Gasteiger partial charge in [0.05, 0.1) is 25.2 Å². The third kappa shape index (κ3) is 5.11. The number of morpholine rings is 1. The molecule has 0 aliphatic carbocycles. The number of carbonyl (C=O) groups excluding carboxylic acids is 1. The summed E-state index contributed by atoms with van der Waals surface area (Å²) in [6, 6.07) is 6.80. The Hall–Kier alpha value is -1.95. The fraction of sp³-hybridized carbons (Fsp3) is 0.550. The van der Waals surface area contributed by atoms with E-state index in [1.54, 1.807) is 25.1 Å². The molecule has 9 nitrogen and oxygen atoms in total. The molecule has 3 rings (SSSR count). The molecular weight excluding hydrogens is 440 g/mol. The molecule has 0 N–H and O–H groups in total. The summed E-state index contributed by atoms with van der Waals surface area (Å²) in [5, 5.41) is 8.77. The van der Waals surface area contributed by atoms with Gasteiger partial charge in [-0.15, -0.1) is 10.2 Å². The molecule has 0 spiro atoms.